The maximum atomic E-state index is 4.52. The number of aliphatic imine (C=N–C) groups is 1. The molecule has 88 valence electrons. The molecule has 2 rings (SSSR count). The van der Waals surface area contributed by atoms with Gasteiger partial charge in [-0.05, 0) is 12.8 Å². The van der Waals surface area contributed by atoms with E-state index in [1.807, 2.05) is 36.6 Å². The molecular formula is C11H18N4S. The first-order valence-corrected chi connectivity index (χ1v) is 6.42. The summed E-state index contributed by atoms with van der Waals surface area (Å²) in [5.41, 5.74) is 2.07. The molecule has 0 aromatic carbocycles. The Bertz CT molecular complexity index is 408. The first-order chi connectivity index (χ1) is 7.56. The third kappa shape index (κ3) is 2.40. The summed E-state index contributed by atoms with van der Waals surface area (Å²) in [6.45, 7) is 7.41. The van der Waals surface area contributed by atoms with Crippen molar-refractivity contribution >= 4 is 22.6 Å². The van der Waals surface area contributed by atoms with Crippen LogP contribution in [-0.2, 0) is 7.05 Å². The van der Waals surface area contributed by atoms with Gasteiger partial charge < -0.3 is 5.32 Å². The molecule has 0 fully saturated rings. The fraction of sp³-hybridized carbons (Fsp3) is 0.636. The first-order valence-electron chi connectivity index (χ1n) is 5.54. The van der Waals surface area contributed by atoms with Gasteiger partial charge >= 0.3 is 0 Å². The fourth-order valence-electron chi connectivity index (χ4n) is 1.64. The summed E-state index contributed by atoms with van der Waals surface area (Å²) in [5, 5.41) is 9.28. The molecule has 0 bridgehead atoms. The molecule has 0 saturated carbocycles. The maximum Gasteiger partial charge on any atom is 0.161 e. The topological polar surface area (TPSA) is 42.2 Å². The number of aryl methyl sites for hydroxylation is 2. The molecule has 16 heavy (non-hydrogen) atoms. The van der Waals surface area contributed by atoms with E-state index in [1.54, 1.807) is 0 Å². The Morgan fingerprint density at radius 1 is 1.56 bits per heavy atom. The second-order valence-electron chi connectivity index (χ2n) is 4.47. The predicted molar refractivity (Wildman–Crippen MR) is 70.1 cm³/mol. The number of nitrogens with zero attached hydrogens (tertiary/aromatic N) is 3. The van der Waals surface area contributed by atoms with E-state index >= 15 is 0 Å². The lowest BCUT2D eigenvalue weighted by molar-refractivity contribution is 0.621. The molecule has 5 heteroatoms. The van der Waals surface area contributed by atoms with Gasteiger partial charge in [0.2, 0.25) is 0 Å². The van der Waals surface area contributed by atoms with E-state index in [0.29, 0.717) is 11.2 Å². The van der Waals surface area contributed by atoms with Crippen molar-refractivity contribution in [2.45, 2.75) is 26.0 Å². The number of rotatable bonds is 2. The Labute approximate surface area is 101 Å². The van der Waals surface area contributed by atoms with E-state index in [9.17, 15) is 0 Å². The highest BCUT2D eigenvalue weighted by atomic mass is 32.2. The van der Waals surface area contributed by atoms with E-state index in [1.165, 1.54) is 0 Å². The summed E-state index contributed by atoms with van der Waals surface area (Å²) < 4.78 is 1.82. The van der Waals surface area contributed by atoms with Crippen molar-refractivity contribution in [3.8, 4) is 0 Å². The zero-order valence-corrected chi connectivity index (χ0v) is 11.0. The highest BCUT2D eigenvalue weighted by Crippen LogP contribution is 2.28. The normalized spacial score (nSPS) is 20.3. The number of amidine groups is 1. The minimum Gasteiger partial charge on any atom is -0.332 e. The Hall–Kier alpha value is -0.970. The van der Waals surface area contributed by atoms with E-state index in [2.05, 4.69) is 29.3 Å². The number of nitrogens with one attached hydrogen (secondary N) is 1. The molecule has 1 aliphatic heterocycles. The highest BCUT2D eigenvalue weighted by Gasteiger charge is 2.23. The van der Waals surface area contributed by atoms with Crippen molar-refractivity contribution in [1.82, 2.24) is 9.78 Å². The van der Waals surface area contributed by atoms with Crippen LogP contribution in [0.15, 0.2) is 11.2 Å². The number of aromatic nitrogens is 2. The van der Waals surface area contributed by atoms with Gasteiger partial charge in [-0.1, -0.05) is 25.6 Å². The standard InChI is InChI=1S/C11H18N4S/c1-7(2)10-5-12-11(16-10)13-9-6-15(4)14-8(9)3/h6-7,10H,5H2,1-4H3,(H,12,13). The molecular weight excluding hydrogens is 220 g/mol. The fourth-order valence-corrected chi connectivity index (χ4v) is 2.67. The van der Waals surface area contributed by atoms with Crippen molar-refractivity contribution in [3.05, 3.63) is 11.9 Å². The van der Waals surface area contributed by atoms with Crippen LogP contribution in [0.25, 0.3) is 0 Å². The van der Waals surface area contributed by atoms with Crippen LogP contribution in [-0.4, -0.2) is 26.7 Å². The van der Waals surface area contributed by atoms with Gasteiger partial charge in [0.15, 0.2) is 5.17 Å². The molecule has 1 unspecified atom stereocenters. The highest BCUT2D eigenvalue weighted by molar-refractivity contribution is 8.15. The van der Waals surface area contributed by atoms with E-state index in [-0.39, 0.29) is 0 Å². The molecule has 1 N–H and O–H groups in total. The smallest absolute Gasteiger partial charge is 0.161 e. The van der Waals surface area contributed by atoms with Gasteiger partial charge in [0.1, 0.15) is 0 Å². The zero-order valence-electron chi connectivity index (χ0n) is 10.2. The van der Waals surface area contributed by atoms with E-state index in [0.717, 1.165) is 23.1 Å². The molecule has 0 saturated heterocycles. The van der Waals surface area contributed by atoms with Gasteiger partial charge in [-0.15, -0.1) is 0 Å². The third-order valence-corrected chi connectivity index (χ3v) is 4.13. The van der Waals surface area contributed by atoms with Gasteiger partial charge in [-0.2, -0.15) is 5.10 Å². The second kappa shape index (κ2) is 4.49. The van der Waals surface area contributed by atoms with Gasteiger partial charge in [-0.25, -0.2) is 0 Å². The van der Waals surface area contributed by atoms with Gasteiger partial charge in [0, 0.05) is 18.5 Å². The zero-order chi connectivity index (χ0) is 11.7. The third-order valence-electron chi connectivity index (χ3n) is 2.68. The molecule has 1 aliphatic rings. The summed E-state index contributed by atoms with van der Waals surface area (Å²) in [7, 11) is 1.93. The number of anilines is 1. The van der Waals surface area contributed by atoms with Gasteiger partial charge in [0.05, 0.1) is 17.9 Å². The lowest BCUT2D eigenvalue weighted by atomic mass is 10.1. The van der Waals surface area contributed by atoms with Gasteiger partial charge in [-0.3, -0.25) is 9.67 Å². The lowest BCUT2D eigenvalue weighted by Gasteiger charge is -2.11. The van der Waals surface area contributed by atoms with Crippen LogP contribution in [0.3, 0.4) is 0 Å². The molecule has 0 spiro atoms. The lowest BCUT2D eigenvalue weighted by Crippen LogP contribution is -2.13. The molecule has 2 heterocycles. The minimum atomic E-state index is 0.611. The Kier molecular flexibility index (Phi) is 3.23. The van der Waals surface area contributed by atoms with Crippen LogP contribution in [0.4, 0.5) is 5.69 Å². The molecule has 0 radical (unpaired) electrons. The second-order valence-corrected chi connectivity index (χ2v) is 5.70. The van der Waals surface area contributed by atoms with Crippen LogP contribution in [0, 0.1) is 12.8 Å². The number of thioether (sulfide) groups is 1. The molecule has 1 aromatic rings. The molecule has 1 atom stereocenters. The average molecular weight is 238 g/mol. The monoisotopic (exact) mass is 238 g/mol. The molecule has 1 aromatic heterocycles. The molecule has 0 aliphatic carbocycles. The number of hydrogen-bond acceptors (Lipinski definition) is 4. The van der Waals surface area contributed by atoms with E-state index < -0.39 is 0 Å². The van der Waals surface area contributed by atoms with Crippen LogP contribution < -0.4 is 5.32 Å². The van der Waals surface area contributed by atoms with Crippen molar-refractivity contribution in [3.63, 3.8) is 0 Å². The van der Waals surface area contributed by atoms with Crippen molar-refractivity contribution in [2.75, 3.05) is 11.9 Å². The largest absolute Gasteiger partial charge is 0.332 e. The van der Waals surface area contributed by atoms with E-state index in [4.69, 9.17) is 0 Å². The molecule has 0 amide bonds. The predicted octanol–water partition coefficient (Wildman–Crippen LogP) is 2.27. The van der Waals surface area contributed by atoms with Crippen molar-refractivity contribution in [2.24, 2.45) is 18.0 Å². The summed E-state index contributed by atoms with van der Waals surface area (Å²) >= 11 is 1.83. The van der Waals surface area contributed by atoms with Gasteiger partial charge in [0.25, 0.3) is 0 Å². The Balaban J connectivity index is 1.99. The van der Waals surface area contributed by atoms with Crippen LogP contribution in [0.5, 0.6) is 0 Å². The quantitative estimate of drug-likeness (QED) is 0.859. The maximum absolute atomic E-state index is 4.52. The molecule has 4 nitrogen and oxygen atoms in total. The van der Waals surface area contributed by atoms with Crippen molar-refractivity contribution in [1.29, 1.82) is 0 Å². The average Bonchev–Trinajstić information content (AvgIpc) is 2.75. The minimum absolute atomic E-state index is 0.611. The van der Waals surface area contributed by atoms with Crippen LogP contribution in [0.2, 0.25) is 0 Å². The summed E-state index contributed by atoms with van der Waals surface area (Å²) in [5.74, 6) is 0.669. The summed E-state index contributed by atoms with van der Waals surface area (Å²) in [6, 6.07) is 0. The number of hydrogen-bond donors (Lipinski definition) is 1. The SMILES string of the molecule is Cc1nn(C)cc1NC1=NCC(C(C)C)S1. The summed E-state index contributed by atoms with van der Waals surface area (Å²) in [4.78, 5) is 4.52. The van der Waals surface area contributed by atoms with Crippen molar-refractivity contribution < 1.29 is 0 Å². The van der Waals surface area contributed by atoms with Crippen LogP contribution in [0.1, 0.15) is 19.5 Å². The van der Waals surface area contributed by atoms with Crippen LogP contribution >= 0.6 is 11.8 Å². The Morgan fingerprint density at radius 2 is 2.31 bits per heavy atom. The first kappa shape index (κ1) is 11.5. The Morgan fingerprint density at radius 3 is 2.81 bits per heavy atom. The summed E-state index contributed by atoms with van der Waals surface area (Å²) in [6.07, 6.45) is 1.99.